The van der Waals surface area contributed by atoms with Crippen LogP contribution in [-0.2, 0) is 20.1 Å². The Kier molecular flexibility index (Phi) is 3.51. The molecule has 4 aliphatic heterocycles. The molecular weight excluding hydrogens is 356 g/mol. The van der Waals surface area contributed by atoms with Crippen LogP contribution < -0.4 is 0 Å². The summed E-state index contributed by atoms with van der Waals surface area (Å²) < 4.78 is 0. The fourth-order valence-corrected chi connectivity index (χ4v) is 2.23. The molecule has 0 aromatic rings. The SMILES string of the molecule is C1N2CN3CN1CN(C2)C3.Cl.[Ir]. The van der Waals surface area contributed by atoms with E-state index in [0.29, 0.717) is 0 Å². The van der Waals surface area contributed by atoms with Gasteiger partial charge in [0.1, 0.15) is 0 Å². The summed E-state index contributed by atoms with van der Waals surface area (Å²) in [5.74, 6) is 0. The smallest absolute Gasteiger partial charge is 0.0555 e. The number of halogens is 1. The van der Waals surface area contributed by atoms with Crippen LogP contribution in [0.2, 0.25) is 0 Å². The van der Waals surface area contributed by atoms with Crippen molar-refractivity contribution < 1.29 is 20.1 Å². The van der Waals surface area contributed by atoms with Gasteiger partial charge in [-0.05, 0) is 0 Å². The molecule has 6 heteroatoms. The monoisotopic (exact) mass is 369 g/mol. The quantitative estimate of drug-likeness (QED) is 0.566. The van der Waals surface area contributed by atoms with E-state index in [1.165, 1.54) is 40.0 Å². The normalized spacial score (nSPS) is 48.0. The van der Waals surface area contributed by atoms with Crippen LogP contribution in [-0.4, -0.2) is 59.6 Å². The first kappa shape index (κ1) is 10.9. The van der Waals surface area contributed by atoms with Crippen molar-refractivity contribution in [3.63, 3.8) is 0 Å². The van der Waals surface area contributed by atoms with Gasteiger partial charge in [-0.2, -0.15) is 0 Å². The summed E-state index contributed by atoms with van der Waals surface area (Å²) in [5.41, 5.74) is 0. The Bertz CT molecular complexity index is 111. The molecule has 0 spiro atoms. The summed E-state index contributed by atoms with van der Waals surface area (Å²) in [6.07, 6.45) is 0. The maximum absolute atomic E-state index is 2.47. The van der Waals surface area contributed by atoms with Gasteiger partial charge in [-0.15, -0.1) is 12.4 Å². The van der Waals surface area contributed by atoms with Crippen LogP contribution >= 0.6 is 12.4 Å². The average Bonchev–Trinajstić information content (AvgIpc) is 1.82. The number of hydrogen-bond donors (Lipinski definition) is 0. The van der Waals surface area contributed by atoms with Crippen LogP contribution in [0.4, 0.5) is 0 Å². The maximum Gasteiger partial charge on any atom is 0.0555 e. The maximum atomic E-state index is 2.47. The van der Waals surface area contributed by atoms with E-state index >= 15 is 0 Å². The number of rotatable bonds is 0. The Morgan fingerprint density at radius 2 is 0.667 bits per heavy atom. The minimum absolute atomic E-state index is 0. The van der Waals surface area contributed by atoms with E-state index in [1.54, 1.807) is 0 Å². The van der Waals surface area contributed by atoms with E-state index in [9.17, 15) is 0 Å². The molecule has 0 atom stereocenters. The van der Waals surface area contributed by atoms with Crippen LogP contribution in [0.1, 0.15) is 0 Å². The summed E-state index contributed by atoms with van der Waals surface area (Å²) in [6.45, 7) is 7.12. The van der Waals surface area contributed by atoms with Gasteiger partial charge in [0.05, 0.1) is 40.0 Å². The number of nitrogens with zero attached hydrogens (tertiary/aromatic N) is 4. The van der Waals surface area contributed by atoms with Crippen molar-refractivity contribution in [1.29, 1.82) is 0 Å². The molecule has 0 aliphatic carbocycles. The third-order valence-corrected chi connectivity index (χ3v) is 2.40. The summed E-state index contributed by atoms with van der Waals surface area (Å²) >= 11 is 0. The Balaban J connectivity index is 0.000000360. The molecule has 73 valence electrons. The zero-order valence-corrected chi connectivity index (χ0v) is 9.98. The first-order valence-electron chi connectivity index (χ1n) is 3.79. The first-order valence-corrected chi connectivity index (χ1v) is 3.79. The van der Waals surface area contributed by atoms with E-state index in [1.807, 2.05) is 0 Å². The van der Waals surface area contributed by atoms with Crippen molar-refractivity contribution in [3.8, 4) is 0 Å². The van der Waals surface area contributed by atoms with Gasteiger partial charge in [0, 0.05) is 20.1 Å². The molecule has 4 bridgehead atoms. The fraction of sp³-hybridized carbons (Fsp3) is 1.00. The Hall–Kier alpha value is 0.779. The molecular formula is C6H13ClIrN4. The summed E-state index contributed by atoms with van der Waals surface area (Å²) in [6, 6.07) is 0. The zero-order valence-electron chi connectivity index (χ0n) is 6.77. The second-order valence-corrected chi connectivity index (χ2v) is 3.53. The van der Waals surface area contributed by atoms with Crippen LogP contribution in [0.25, 0.3) is 0 Å². The molecule has 4 fully saturated rings. The van der Waals surface area contributed by atoms with Crippen LogP contribution in [0.5, 0.6) is 0 Å². The fourth-order valence-electron chi connectivity index (χ4n) is 2.23. The van der Waals surface area contributed by atoms with Crippen molar-refractivity contribution in [3.05, 3.63) is 0 Å². The average molecular weight is 369 g/mol. The first-order chi connectivity index (χ1) is 4.90. The van der Waals surface area contributed by atoms with E-state index in [4.69, 9.17) is 0 Å². The summed E-state index contributed by atoms with van der Waals surface area (Å²) in [7, 11) is 0. The van der Waals surface area contributed by atoms with Crippen molar-refractivity contribution >= 4 is 12.4 Å². The molecule has 4 heterocycles. The third-order valence-electron chi connectivity index (χ3n) is 2.40. The van der Waals surface area contributed by atoms with E-state index in [2.05, 4.69) is 19.6 Å². The van der Waals surface area contributed by atoms with Crippen LogP contribution in [0, 0.1) is 0 Å². The van der Waals surface area contributed by atoms with Gasteiger partial charge in [-0.1, -0.05) is 0 Å². The molecule has 4 aliphatic rings. The Morgan fingerprint density at radius 3 is 0.833 bits per heavy atom. The second-order valence-electron chi connectivity index (χ2n) is 3.53. The minimum atomic E-state index is 0. The Labute approximate surface area is 92.2 Å². The van der Waals surface area contributed by atoms with Gasteiger partial charge >= 0.3 is 0 Å². The van der Waals surface area contributed by atoms with Crippen molar-refractivity contribution in [2.24, 2.45) is 0 Å². The van der Waals surface area contributed by atoms with E-state index in [-0.39, 0.29) is 32.5 Å². The van der Waals surface area contributed by atoms with Crippen molar-refractivity contribution in [2.75, 3.05) is 40.0 Å². The molecule has 0 amide bonds. The molecule has 4 rings (SSSR count). The predicted molar refractivity (Wildman–Crippen MR) is 43.8 cm³/mol. The second kappa shape index (κ2) is 3.88. The van der Waals surface area contributed by atoms with Gasteiger partial charge in [0.15, 0.2) is 0 Å². The standard InChI is InChI=1S/C6H12N4.ClH.Ir/c1-7-2-9-4-8(1)5-10(3-7)6-9;;/h1-6H2;1H;. The molecule has 0 N–H and O–H groups in total. The Morgan fingerprint density at radius 1 is 0.500 bits per heavy atom. The van der Waals surface area contributed by atoms with Crippen molar-refractivity contribution in [1.82, 2.24) is 19.6 Å². The third kappa shape index (κ3) is 1.68. The molecule has 0 unspecified atom stereocenters. The summed E-state index contributed by atoms with van der Waals surface area (Å²) in [5, 5.41) is 0. The zero-order chi connectivity index (χ0) is 6.55. The van der Waals surface area contributed by atoms with Crippen LogP contribution in [0.3, 0.4) is 0 Å². The predicted octanol–water partition coefficient (Wildman–Crippen LogP) is -0.601. The molecule has 12 heavy (non-hydrogen) atoms. The van der Waals surface area contributed by atoms with Gasteiger partial charge < -0.3 is 0 Å². The van der Waals surface area contributed by atoms with Gasteiger partial charge in [-0.3, -0.25) is 19.6 Å². The number of hydrogen-bond acceptors (Lipinski definition) is 4. The van der Waals surface area contributed by atoms with Gasteiger partial charge in [0.25, 0.3) is 0 Å². The minimum Gasteiger partial charge on any atom is -0.264 e. The summed E-state index contributed by atoms with van der Waals surface area (Å²) in [4.78, 5) is 9.88. The molecule has 4 saturated heterocycles. The van der Waals surface area contributed by atoms with E-state index < -0.39 is 0 Å². The molecule has 4 nitrogen and oxygen atoms in total. The van der Waals surface area contributed by atoms with E-state index in [0.717, 1.165) is 0 Å². The molecule has 1 radical (unpaired) electrons. The molecule has 0 saturated carbocycles. The van der Waals surface area contributed by atoms with Gasteiger partial charge in [-0.25, -0.2) is 0 Å². The van der Waals surface area contributed by atoms with Crippen LogP contribution in [0.15, 0.2) is 0 Å². The largest absolute Gasteiger partial charge is 0.264 e. The van der Waals surface area contributed by atoms with Crippen molar-refractivity contribution in [2.45, 2.75) is 0 Å². The van der Waals surface area contributed by atoms with Gasteiger partial charge in [0.2, 0.25) is 0 Å². The molecule has 0 aromatic heterocycles. The topological polar surface area (TPSA) is 13.0 Å². The molecule has 0 aromatic carbocycles.